The smallest absolute Gasteiger partial charge is 0.264 e. The number of anilines is 1. The summed E-state index contributed by atoms with van der Waals surface area (Å²) in [5.74, 6) is 0.318. The second-order valence-corrected chi connectivity index (χ2v) is 7.22. The number of carbonyl (C=O) groups excluding carboxylic acids is 1. The van der Waals surface area contributed by atoms with E-state index in [2.05, 4.69) is 10.3 Å². The third-order valence-electron chi connectivity index (χ3n) is 3.25. The molecule has 0 aliphatic carbocycles. The molecular weight excluding hydrogens is 379 g/mol. The number of halogens is 2. The van der Waals surface area contributed by atoms with Crippen molar-refractivity contribution in [3.8, 4) is 5.75 Å². The lowest BCUT2D eigenvalue weighted by molar-refractivity contribution is -0.118. The van der Waals surface area contributed by atoms with Crippen molar-refractivity contribution >= 4 is 45.6 Å². The fraction of sp³-hybridized carbons (Fsp3) is 0.111. The number of ether oxygens (including phenoxy) is 1. The molecule has 2 aromatic carbocycles. The summed E-state index contributed by atoms with van der Waals surface area (Å²) in [4.78, 5) is 17.2. The first-order chi connectivity index (χ1) is 12.1. The molecule has 0 unspecified atom stereocenters. The number of aromatic nitrogens is 1. The van der Waals surface area contributed by atoms with Gasteiger partial charge >= 0.3 is 0 Å². The monoisotopic (exact) mass is 392 g/mol. The van der Waals surface area contributed by atoms with Gasteiger partial charge in [0.15, 0.2) is 11.7 Å². The van der Waals surface area contributed by atoms with Crippen molar-refractivity contribution in [3.63, 3.8) is 0 Å². The van der Waals surface area contributed by atoms with E-state index in [4.69, 9.17) is 27.9 Å². The zero-order valence-corrected chi connectivity index (χ0v) is 15.4. The van der Waals surface area contributed by atoms with Crippen LogP contribution in [0.4, 0.5) is 5.13 Å². The molecule has 0 bridgehead atoms. The molecule has 1 aromatic heterocycles. The minimum atomic E-state index is -0.265. The SMILES string of the molecule is O=C(COc1ccc(Cl)cc1)Nc1ncc(Cc2cccc(Cl)c2)s1. The fourth-order valence-corrected chi connectivity index (χ4v) is 3.33. The van der Waals surface area contributed by atoms with Gasteiger partial charge in [0.05, 0.1) is 0 Å². The highest BCUT2D eigenvalue weighted by Crippen LogP contribution is 2.22. The third kappa shape index (κ3) is 5.46. The highest BCUT2D eigenvalue weighted by Gasteiger charge is 2.08. The first kappa shape index (κ1) is 17.7. The van der Waals surface area contributed by atoms with Gasteiger partial charge in [-0.2, -0.15) is 0 Å². The average molecular weight is 393 g/mol. The number of thiazole rings is 1. The zero-order chi connectivity index (χ0) is 17.6. The number of hydrogen-bond acceptors (Lipinski definition) is 4. The van der Waals surface area contributed by atoms with Crippen LogP contribution in [0.25, 0.3) is 0 Å². The van der Waals surface area contributed by atoms with Crippen molar-refractivity contribution in [1.29, 1.82) is 0 Å². The summed E-state index contributed by atoms with van der Waals surface area (Å²) in [6.45, 7) is -0.0924. The molecule has 1 N–H and O–H groups in total. The maximum Gasteiger partial charge on any atom is 0.264 e. The molecule has 7 heteroatoms. The van der Waals surface area contributed by atoms with Gasteiger partial charge in [0, 0.05) is 27.5 Å². The first-order valence-corrected chi connectivity index (χ1v) is 9.03. The Morgan fingerprint density at radius 3 is 2.68 bits per heavy atom. The number of rotatable bonds is 6. The minimum Gasteiger partial charge on any atom is -0.484 e. The Bertz CT molecular complexity index is 866. The second kappa shape index (κ2) is 8.34. The number of benzene rings is 2. The Hall–Kier alpha value is -2.08. The Morgan fingerprint density at radius 2 is 1.92 bits per heavy atom. The summed E-state index contributed by atoms with van der Waals surface area (Å²) in [6, 6.07) is 14.5. The van der Waals surface area contributed by atoms with Crippen LogP contribution in [-0.4, -0.2) is 17.5 Å². The normalized spacial score (nSPS) is 10.5. The largest absolute Gasteiger partial charge is 0.484 e. The molecule has 0 saturated heterocycles. The minimum absolute atomic E-state index is 0.0924. The summed E-state index contributed by atoms with van der Waals surface area (Å²) in [5, 5.41) is 4.60. The number of nitrogens with zero attached hydrogens (tertiary/aromatic N) is 1. The Labute approximate surface area is 159 Å². The summed E-state index contributed by atoms with van der Waals surface area (Å²) in [6.07, 6.45) is 2.47. The van der Waals surface area contributed by atoms with E-state index in [0.717, 1.165) is 16.9 Å². The van der Waals surface area contributed by atoms with Gasteiger partial charge in [-0.25, -0.2) is 4.98 Å². The lowest BCUT2D eigenvalue weighted by Crippen LogP contribution is -2.19. The fourth-order valence-electron chi connectivity index (χ4n) is 2.13. The van der Waals surface area contributed by atoms with Crippen LogP contribution in [0.2, 0.25) is 10.0 Å². The van der Waals surface area contributed by atoms with Crippen molar-refractivity contribution in [1.82, 2.24) is 4.98 Å². The second-order valence-electron chi connectivity index (χ2n) is 5.23. The number of hydrogen-bond donors (Lipinski definition) is 1. The molecule has 0 atom stereocenters. The maximum absolute atomic E-state index is 12.0. The maximum atomic E-state index is 12.0. The standard InChI is InChI=1S/C18H14Cl2N2O2S/c19-13-4-6-15(7-5-13)24-11-17(23)22-18-21-10-16(25-18)9-12-2-1-3-14(20)8-12/h1-8,10H,9,11H2,(H,21,22,23). The van der Waals surface area contributed by atoms with E-state index < -0.39 is 0 Å². The van der Waals surface area contributed by atoms with Gasteiger partial charge in [0.1, 0.15) is 5.75 Å². The first-order valence-electron chi connectivity index (χ1n) is 7.46. The molecule has 3 rings (SSSR count). The molecule has 0 fully saturated rings. The summed E-state index contributed by atoms with van der Waals surface area (Å²) in [7, 11) is 0. The summed E-state index contributed by atoms with van der Waals surface area (Å²) in [5.41, 5.74) is 1.10. The number of carbonyl (C=O) groups is 1. The molecular formula is C18H14Cl2N2O2S. The lowest BCUT2D eigenvalue weighted by atomic mass is 10.1. The topological polar surface area (TPSA) is 51.2 Å². The molecule has 0 radical (unpaired) electrons. The Morgan fingerprint density at radius 1 is 1.12 bits per heavy atom. The quantitative estimate of drug-likeness (QED) is 0.637. The van der Waals surface area contributed by atoms with Crippen molar-refractivity contribution in [2.75, 3.05) is 11.9 Å². The van der Waals surface area contributed by atoms with Gasteiger partial charge in [-0.3, -0.25) is 10.1 Å². The van der Waals surface area contributed by atoms with Crippen LogP contribution in [0.5, 0.6) is 5.75 Å². The van der Waals surface area contributed by atoms with Crippen LogP contribution < -0.4 is 10.1 Å². The molecule has 25 heavy (non-hydrogen) atoms. The zero-order valence-electron chi connectivity index (χ0n) is 13.0. The average Bonchev–Trinajstić information content (AvgIpc) is 3.01. The van der Waals surface area contributed by atoms with Gasteiger partial charge in [-0.1, -0.05) is 35.3 Å². The molecule has 1 amide bonds. The van der Waals surface area contributed by atoms with Gasteiger partial charge in [0.2, 0.25) is 0 Å². The van der Waals surface area contributed by atoms with Crippen molar-refractivity contribution in [2.45, 2.75) is 6.42 Å². The van der Waals surface area contributed by atoms with Gasteiger partial charge in [-0.05, 0) is 42.0 Å². The van der Waals surface area contributed by atoms with Crippen LogP contribution in [-0.2, 0) is 11.2 Å². The van der Waals surface area contributed by atoms with E-state index >= 15 is 0 Å². The van der Waals surface area contributed by atoms with Crippen molar-refractivity contribution in [3.05, 3.63) is 75.2 Å². The molecule has 0 aliphatic rings. The highest BCUT2D eigenvalue weighted by atomic mass is 35.5. The van der Waals surface area contributed by atoms with E-state index in [1.807, 2.05) is 24.3 Å². The highest BCUT2D eigenvalue weighted by molar-refractivity contribution is 7.15. The van der Waals surface area contributed by atoms with Crippen LogP contribution in [0.1, 0.15) is 10.4 Å². The van der Waals surface area contributed by atoms with Gasteiger partial charge in [-0.15, -0.1) is 11.3 Å². The Balaban J connectivity index is 1.52. The molecule has 0 saturated carbocycles. The molecule has 0 aliphatic heterocycles. The molecule has 0 spiro atoms. The van der Waals surface area contributed by atoms with Crippen LogP contribution in [0.15, 0.2) is 54.7 Å². The van der Waals surface area contributed by atoms with E-state index in [9.17, 15) is 4.79 Å². The molecule has 4 nitrogen and oxygen atoms in total. The van der Waals surface area contributed by atoms with E-state index in [0.29, 0.717) is 20.9 Å². The Kier molecular flexibility index (Phi) is 5.91. The van der Waals surface area contributed by atoms with E-state index in [1.165, 1.54) is 11.3 Å². The molecule has 1 heterocycles. The molecule has 128 valence electrons. The molecule has 3 aromatic rings. The number of amides is 1. The van der Waals surface area contributed by atoms with Crippen molar-refractivity contribution in [2.24, 2.45) is 0 Å². The number of nitrogens with one attached hydrogen (secondary N) is 1. The third-order valence-corrected chi connectivity index (χ3v) is 4.65. The van der Waals surface area contributed by atoms with E-state index in [-0.39, 0.29) is 12.5 Å². The van der Waals surface area contributed by atoms with Crippen LogP contribution in [0.3, 0.4) is 0 Å². The summed E-state index contributed by atoms with van der Waals surface area (Å²) >= 11 is 13.2. The van der Waals surface area contributed by atoms with Gasteiger partial charge in [0.25, 0.3) is 5.91 Å². The summed E-state index contributed by atoms with van der Waals surface area (Å²) < 4.78 is 5.40. The lowest BCUT2D eigenvalue weighted by Gasteiger charge is -2.05. The van der Waals surface area contributed by atoms with Gasteiger partial charge < -0.3 is 4.74 Å². The predicted molar refractivity (Wildman–Crippen MR) is 102 cm³/mol. The van der Waals surface area contributed by atoms with E-state index in [1.54, 1.807) is 30.5 Å². The van der Waals surface area contributed by atoms with Crippen LogP contribution in [0, 0.1) is 0 Å². The van der Waals surface area contributed by atoms with Crippen LogP contribution >= 0.6 is 34.5 Å². The van der Waals surface area contributed by atoms with Crippen molar-refractivity contribution < 1.29 is 9.53 Å². The predicted octanol–water partition coefficient (Wildman–Crippen LogP) is 5.06.